The quantitative estimate of drug-likeness (QED) is 0.644. The second kappa shape index (κ2) is 2.74. The summed E-state index contributed by atoms with van der Waals surface area (Å²) in [5, 5.41) is 18.7. The van der Waals surface area contributed by atoms with Crippen molar-refractivity contribution in [2.75, 3.05) is 0 Å². The summed E-state index contributed by atoms with van der Waals surface area (Å²) in [6, 6.07) is 2.11. The lowest BCUT2D eigenvalue weighted by atomic mass is 9.61. The van der Waals surface area contributed by atoms with Gasteiger partial charge in [-0.2, -0.15) is 5.26 Å². The van der Waals surface area contributed by atoms with Gasteiger partial charge in [0.15, 0.2) is 0 Å². The Hall–Kier alpha value is -0.550. The summed E-state index contributed by atoms with van der Waals surface area (Å²) in [4.78, 5) is 0. The SMILES string of the molecule is N#CCC1(O)CC2CCC1CC2. The van der Waals surface area contributed by atoms with E-state index in [1.54, 1.807) is 0 Å². The van der Waals surface area contributed by atoms with Gasteiger partial charge in [-0.1, -0.05) is 0 Å². The van der Waals surface area contributed by atoms with Gasteiger partial charge < -0.3 is 5.11 Å². The first-order valence-corrected chi connectivity index (χ1v) is 4.84. The van der Waals surface area contributed by atoms with Crippen LogP contribution in [0.4, 0.5) is 0 Å². The highest BCUT2D eigenvalue weighted by molar-refractivity contribution is 5.01. The minimum absolute atomic E-state index is 0.341. The average Bonchev–Trinajstić information content (AvgIpc) is 2.05. The molecule has 0 saturated heterocycles. The van der Waals surface area contributed by atoms with E-state index >= 15 is 0 Å². The van der Waals surface area contributed by atoms with Gasteiger partial charge in [0.05, 0.1) is 18.1 Å². The summed E-state index contributed by atoms with van der Waals surface area (Å²) >= 11 is 0. The molecule has 3 aliphatic carbocycles. The highest BCUT2D eigenvalue weighted by Gasteiger charge is 2.45. The maximum absolute atomic E-state index is 10.1. The van der Waals surface area contributed by atoms with Gasteiger partial charge in [0, 0.05) is 0 Å². The Balaban J connectivity index is 2.12. The number of hydrogen-bond donors (Lipinski definition) is 1. The van der Waals surface area contributed by atoms with E-state index in [-0.39, 0.29) is 0 Å². The molecule has 0 heterocycles. The van der Waals surface area contributed by atoms with E-state index in [9.17, 15) is 5.11 Å². The second-order valence-corrected chi connectivity index (χ2v) is 4.36. The smallest absolute Gasteiger partial charge is 0.0807 e. The van der Waals surface area contributed by atoms with Crippen molar-refractivity contribution in [3.8, 4) is 6.07 Å². The zero-order valence-corrected chi connectivity index (χ0v) is 7.29. The molecule has 2 bridgehead atoms. The van der Waals surface area contributed by atoms with Crippen LogP contribution in [-0.4, -0.2) is 10.7 Å². The molecule has 2 heteroatoms. The molecule has 2 nitrogen and oxygen atoms in total. The van der Waals surface area contributed by atoms with Gasteiger partial charge in [-0.15, -0.1) is 0 Å². The first-order valence-electron chi connectivity index (χ1n) is 4.84. The Morgan fingerprint density at radius 2 is 2.00 bits per heavy atom. The van der Waals surface area contributed by atoms with Crippen LogP contribution in [0.1, 0.15) is 38.5 Å². The topological polar surface area (TPSA) is 44.0 Å². The molecular formula is C10H15NO. The molecule has 1 N–H and O–H groups in total. The summed E-state index contributed by atoms with van der Waals surface area (Å²) in [6.45, 7) is 0. The van der Waals surface area contributed by atoms with Crippen LogP contribution in [0.3, 0.4) is 0 Å². The zero-order valence-electron chi connectivity index (χ0n) is 7.29. The van der Waals surface area contributed by atoms with Crippen LogP contribution in [0.5, 0.6) is 0 Å². The van der Waals surface area contributed by atoms with E-state index in [4.69, 9.17) is 5.26 Å². The Kier molecular flexibility index (Phi) is 1.84. The fourth-order valence-electron chi connectivity index (χ4n) is 2.92. The molecule has 0 aromatic carbocycles. The molecular weight excluding hydrogens is 150 g/mol. The average molecular weight is 165 g/mol. The van der Waals surface area contributed by atoms with Crippen LogP contribution < -0.4 is 0 Å². The molecule has 0 spiro atoms. The third-order valence-corrected chi connectivity index (χ3v) is 3.63. The molecule has 66 valence electrons. The van der Waals surface area contributed by atoms with Gasteiger partial charge in [-0.05, 0) is 43.9 Å². The number of aliphatic hydroxyl groups is 1. The van der Waals surface area contributed by atoms with Crippen LogP contribution in [-0.2, 0) is 0 Å². The molecule has 3 aliphatic rings. The second-order valence-electron chi connectivity index (χ2n) is 4.36. The van der Waals surface area contributed by atoms with Crippen molar-refractivity contribution in [1.82, 2.24) is 0 Å². The normalized spacial score (nSPS) is 45.7. The van der Waals surface area contributed by atoms with Crippen LogP contribution in [0.15, 0.2) is 0 Å². The number of hydrogen-bond acceptors (Lipinski definition) is 2. The van der Waals surface area contributed by atoms with E-state index in [0.717, 1.165) is 19.3 Å². The molecule has 0 aromatic heterocycles. The molecule has 0 radical (unpaired) electrons. The summed E-state index contributed by atoms with van der Waals surface area (Å²) in [7, 11) is 0. The van der Waals surface area contributed by atoms with Crippen molar-refractivity contribution in [3.05, 3.63) is 0 Å². The number of nitrogens with zero attached hydrogens (tertiary/aromatic N) is 1. The van der Waals surface area contributed by atoms with E-state index in [1.807, 2.05) is 0 Å². The van der Waals surface area contributed by atoms with Gasteiger partial charge >= 0.3 is 0 Å². The lowest BCUT2D eigenvalue weighted by Crippen LogP contribution is -2.47. The molecule has 3 saturated carbocycles. The van der Waals surface area contributed by atoms with Crippen molar-refractivity contribution in [1.29, 1.82) is 5.26 Å². The molecule has 12 heavy (non-hydrogen) atoms. The summed E-state index contributed by atoms with van der Waals surface area (Å²) < 4.78 is 0. The maximum atomic E-state index is 10.1. The standard InChI is InChI=1S/C10H15NO/c11-6-5-10(12)7-8-1-3-9(10)4-2-8/h8-9,12H,1-5,7H2. The predicted molar refractivity (Wildman–Crippen MR) is 45.2 cm³/mol. The van der Waals surface area contributed by atoms with Crippen molar-refractivity contribution in [3.63, 3.8) is 0 Å². The van der Waals surface area contributed by atoms with E-state index < -0.39 is 5.60 Å². The maximum Gasteiger partial charge on any atom is 0.0807 e. The van der Waals surface area contributed by atoms with E-state index in [2.05, 4.69) is 6.07 Å². The molecule has 0 aromatic rings. The molecule has 1 unspecified atom stereocenters. The summed E-state index contributed by atoms with van der Waals surface area (Å²) in [5.74, 6) is 1.12. The highest BCUT2D eigenvalue weighted by Crippen LogP contribution is 2.48. The van der Waals surface area contributed by atoms with Crippen molar-refractivity contribution >= 4 is 0 Å². The van der Waals surface area contributed by atoms with Gasteiger partial charge in [-0.3, -0.25) is 0 Å². The van der Waals surface area contributed by atoms with Crippen molar-refractivity contribution < 1.29 is 5.11 Å². The molecule has 3 rings (SSSR count). The van der Waals surface area contributed by atoms with Crippen LogP contribution in [0.25, 0.3) is 0 Å². The minimum atomic E-state index is -0.615. The van der Waals surface area contributed by atoms with Gasteiger partial charge in [0.2, 0.25) is 0 Å². The third kappa shape index (κ3) is 1.13. The Morgan fingerprint density at radius 1 is 1.33 bits per heavy atom. The fraction of sp³-hybridized carbons (Fsp3) is 0.900. The molecule has 0 amide bonds. The van der Waals surface area contributed by atoms with Crippen LogP contribution in [0.2, 0.25) is 0 Å². The Bertz CT molecular complexity index is 212. The molecule has 3 fully saturated rings. The van der Waals surface area contributed by atoms with Gasteiger partial charge in [0.25, 0.3) is 0 Å². The monoisotopic (exact) mass is 165 g/mol. The zero-order chi connectivity index (χ0) is 8.60. The largest absolute Gasteiger partial charge is 0.389 e. The third-order valence-electron chi connectivity index (χ3n) is 3.63. The van der Waals surface area contributed by atoms with Crippen LogP contribution in [0, 0.1) is 23.2 Å². The first-order chi connectivity index (χ1) is 5.74. The highest BCUT2D eigenvalue weighted by atomic mass is 16.3. The van der Waals surface area contributed by atoms with E-state index in [1.165, 1.54) is 12.8 Å². The van der Waals surface area contributed by atoms with E-state index in [0.29, 0.717) is 18.3 Å². The van der Waals surface area contributed by atoms with Gasteiger partial charge in [0.1, 0.15) is 0 Å². The lowest BCUT2D eigenvalue weighted by molar-refractivity contribution is -0.0934. The van der Waals surface area contributed by atoms with Crippen LogP contribution >= 0.6 is 0 Å². The number of fused-ring (bicyclic) bond motifs is 3. The number of rotatable bonds is 1. The van der Waals surface area contributed by atoms with Gasteiger partial charge in [-0.25, -0.2) is 0 Å². The predicted octanol–water partition coefficient (Wildman–Crippen LogP) is 1.84. The first kappa shape index (κ1) is 8.07. The Morgan fingerprint density at radius 3 is 2.42 bits per heavy atom. The lowest BCUT2D eigenvalue weighted by Gasteiger charge is -2.47. The number of nitriles is 1. The van der Waals surface area contributed by atoms with Crippen molar-refractivity contribution in [2.24, 2.45) is 11.8 Å². The molecule has 0 aliphatic heterocycles. The van der Waals surface area contributed by atoms with Crippen molar-refractivity contribution in [2.45, 2.75) is 44.1 Å². The summed E-state index contributed by atoms with van der Waals surface area (Å²) in [6.07, 6.45) is 6.06. The minimum Gasteiger partial charge on any atom is -0.389 e. The fourth-order valence-corrected chi connectivity index (χ4v) is 2.92. The Labute approximate surface area is 73.2 Å². The summed E-state index contributed by atoms with van der Waals surface area (Å²) in [5.41, 5.74) is -0.615. The molecule has 1 atom stereocenters.